The first-order valence-corrected chi connectivity index (χ1v) is 16.3. The summed E-state index contributed by atoms with van der Waals surface area (Å²) < 4.78 is 25.4. The Morgan fingerprint density at radius 1 is 0.730 bits per heavy atom. The van der Waals surface area contributed by atoms with E-state index in [-0.39, 0.29) is 10.5 Å². The lowest BCUT2D eigenvalue weighted by atomic mass is 9.63. The molecular weight excluding hydrogens is 476 g/mol. The van der Waals surface area contributed by atoms with Gasteiger partial charge in [-0.15, -0.1) is 0 Å². The van der Waals surface area contributed by atoms with Gasteiger partial charge in [-0.1, -0.05) is 104 Å². The molecule has 0 amide bonds. The van der Waals surface area contributed by atoms with Crippen LogP contribution < -0.4 is 10.4 Å². The molecule has 1 aliphatic carbocycles. The molecule has 37 heavy (non-hydrogen) atoms. The molecule has 200 valence electrons. The third-order valence-corrected chi connectivity index (χ3v) is 15.5. The van der Waals surface area contributed by atoms with Crippen LogP contribution in [0, 0.1) is 5.41 Å². The first-order valence-electron chi connectivity index (χ1n) is 14.1. The van der Waals surface area contributed by atoms with E-state index in [4.69, 9.17) is 18.9 Å². The van der Waals surface area contributed by atoms with Crippen molar-refractivity contribution in [3.8, 4) is 0 Å². The van der Waals surface area contributed by atoms with Gasteiger partial charge in [0.1, 0.15) is 8.07 Å². The Morgan fingerprint density at radius 3 is 1.62 bits per heavy atom. The molecule has 0 radical (unpaired) electrons. The number of allylic oxidation sites excluding steroid dienone is 2. The summed E-state index contributed by atoms with van der Waals surface area (Å²) in [5, 5.41) is 3.15. The highest BCUT2D eigenvalue weighted by atomic mass is 28.3. The van der Waals surface area contributed by atoms with Crippen molar-refractivity contribution in [3.63, 3.8) is 0 Å². The van der Waals surface area contributed by atoms with Crippen LogP contribution in [0.3, 0.4) is 0 Å². The highest BCUT2D eigenvalue weighted by Crippen LogP contribution is 2.59. The quantitative estimate of drug-likeness (QED) is 0.328. The molecule has 2 spiro atoms. The average Bonchev–Trinajstić information content (AvgIpc) is 3.57. The molecule has 0 unspecified atom stereocenters. The van der Waals surface area contributed by atoms with Crippen LogP contribution in [0.25, 0.3) is 0 Å². The fourth-order valence-corrected chi connectivity index (χ4v) is 12.6. The monoisotopic (exact) mass is 520 g/mol. The Bertz CT molecular complexity index is 984. The molecule has 2 saturated heterocycles. The van der Waals surface area contributed by atoms with Crippen molar-refractivity contribution in [1.29, 1.82) is 0 Å². The molecule has 5 heteroatoms. The van der Waals surface area contributed by atoms with Gasteiger partial charge in [-0.3, -0.25) is 0 Å². The molecule has 0 bridgehead atoms. The number of rotatable bonds is 7. The average molecular weight is 521 g/mol. The van der Waals surface area contributed by atoms with E-state index in [0.29, 0.717) is 26.4 Å². The molecule has 0 aromatic heterocycles. The Balaban J connectivity index is 1.41. The number of hydrogen-bond acceptors (Lipinski definition) is 4. The van der Waals surface area contributed by atoms with E-state index in [0.717, 1.165) is 38.1 Å². The van der Waals surface area contributed by atoms with Gasteiger partial charge in [0.2, 0.25) is 0 Å². The Morgan fingerprint density at radius 2 is 1.19 bits per heavy atom. The minimum Gasteiger partial charge on any atom is -0.347 e. The molecule has 1 saturated carbocycles. The molecule has 3 fully saturated rings. The second-order valence-corrected chi connectivity index (χ2v) is 17.1. The fourth-order valence-electron chi connectivity index (χ4n) is 7.38. The van der Waals surface area contributed by atoms with Gasteiger partial charge in [0.05, 0.1) is 31.8 Å². The van der Waals surface area contributed by atoms with Gasteiger partial charge in [0, 0.05) is 12.8 Å². The molecule has 0 atom stereocenters. The molecule has 3 aliphatic rings. The first-order chi connectivity index (χ1) is 17.8. The van der Waals surface area contributed by atoms with E-state index < -0.39 is 19.6 Å². The summed E-state index contributed by atoms with van der Waals surface area (Å²) in [6.45, 7) is 12.1. The number of benzene rings is 2. The van der Waals surface area contributed by atoms with E-state index in [1.165, 1.54) is 10.4 Å². The molecule has 4 nitrogen and oxygen atoms in total. The maximum atomic E-state index is 6.36. The highest BCUT2D eigenvalue weighted by molar-refractivity contribution is 7.04. The lowest BCUT2D eigenvalue weighted by Gasteiger charge is -2.56. The maximum absolute atomic E-state index is 6.36. The minimum atomic E-state index is -2.11. The number of ether oxygens (including phenoxy) is 4. The van der Waals surface area contributed by atoms with Crippen molar-refractivity contribution in [2.24, 2.45) is 5.41 Å². The lowest BCUT2D eigenvalue weighted by Crippen LogP contribution is -2.64. The van der Waals surface area contributed by atoms with Crippen LogP contribution in [0.5, 0.6) is 0 Å². The molecular formula is C32H44O4Si. The standard InChI is InChI=1S/C32H44O4Si/c1-29(2,3)37(27-15-8-5-9-16-27,28-17-10-6-11-18-28)26-13-7-12-19-30(4)31(33-22-23-34-31)20-14-21-32(30)35-24-25-36-32/h5-11,13,15-18H,12,14,19-26H2,1-4H3/b13-7+. The summed E-state index contributed by atoms with van der Waals surface area (Å²) in [6.07, 6.45) is 9.51. The fraction of sp³-hybridized carbons (Fsp3) is 0.562. The van der Waals surface area contributed by atoms with Gasteiger partial charge >= 0.3 is 0 Å². The van der Waals surface area contributed by atoms with Gasteiger partial charge in [-0.2, -0.15) is 0 Å². The summed E-state index contributed by atoms with van der Waals surface area (Å²) in [7, 11) is -2.11. The molecule has 2 aromatic carbocycles. The zero-order chi connectivity index (χ0) is 26.0. The van der Waals surface area contributed by atoms with Crippen LogP contribution in [-0.4, -0.2) is 46.1 Å². The zero-order valence-corrected chi connectivity index (χ0v) is 24.1. The van der Waals surface area contributed by atoms with E-state index in [9.17, 15) is 0 Å². The Kier molecular flexibility index (Phi) is 7.56. The maximum Gasteiger partial charge on any atom is 0.178 e. The van der Waals surface area contributed by atoms with Crippen molar-refractivity contribution in [2.75, 3.05) is 26.4 Å². The van der Waals surface area contributed by atoms with Gasteiger partial charge in [0.15, 0.2) is 11.6 Å². The third-order valence-electron chi connectivity index (χ3n) is 9.42. The predicted octanol–water partition coefficient (Wildman–Crippen LogP) is 6.06. The summed E-state index contributed by atoms with van der Waals surface area (Å²) in [4.78, 5) is 0. The van der Waals surface area contributed by atoms with Gasteiger partial charge < -0.3 is 18.9 Å². The molecule has 2 aromatic rings. The topological polar surface area (TPSA) is 36.9 Å². The van der Waals surface area contributed by atoms with E-state index in [2.05, 4.69) is 101 Å². The highest BCUT2D eigenvalue weighted by Gasteiger charge is 2.67. The van der Waals surface area contributed by atoms with E-state index in [1.54, 1.807) is 0 Å². The predicted molar refractivity (Wildman–Crippen MR) is 152 cm³/mol. The summed E-state index contributed by atoms with van der Waals surface area (Å²) in [5.74, 6) is -1.22. The SMILES string of the molecule is CC1(CC/C=C/C[Si](c2ccccc2)(c2ccccc2)C(C)(C)C)C2(CCCC13OCCO3)OCCO2. The largest absolute Gasteiger partial charge is 0.347 e. The van der Waals surface area contributed by atoms with Crippen LogP contribution in [0.15, 0.2) is 72.8 Å². The number of hydrogen-bond donors (Lipinski definition) is 0. The third kappa shape index (κ3) is 4.47. The molecule has 5 rings (SSSR count). The van der Waals surface area contributed by atoms with Crippen LogP contribution in [-0.2, 0) is 18.9 Å². The van der Waals surface area contributed by atoms with Crippen molar-refractivity contribution in [3.05, 3.63) is 72.8 Å². The normalized spacial score (nSPS) is 22.8. The van der Waals surface area contributed by atoms with Crippen LogP contribution in [0.1, 0.15) is 59.8 Å². The molecule has 0 N–H and O–H groups in total. The van der Waals surface area contributed by atoms with E-state index in [1.807, 2.05) is 0 Å². The summed E-state index contributed by atoms with van der Waals surface area (Å²) in [5.41, 5.74) is -0.354. The van der Waals surface area contributed by atoms with Crippen molar-refractivity contribution < 1.29 is 18.9 Å². The van der Waals surface area contributed by atoms with E-state index >= 15 is 0 Å². The summed E-state index contributed by atoms with van der Waals surface area (Å²) in [6, 6.07) is 23.5. The Labute approximate surface area is 224 Å². The van der Waals surface area contributed by atoms with Crippen molar-refractivity contribution >= 4 is 18.4 Å². The van der Waals surface area contributed by atoms with Crippen LogP contribution in [0.4, 0.5) is 0 Å². The molecule has 2 aliphatic heterocycles. The van der Waals surface area contributed by atoms with Gasteiger partial charge in [-0.25, -0.2) is 0 Å². The first kappa shape index (κ1) is 26.8. The van der Waals surface area contributed by atoms with Gasteiger partial charge in [-0.05, 0) is 37.3 Å². The van der Waals surface area contributed by atoms with Crippen LogP contribution in [0.2, 0.25) is 11.1 Å². The van der Waals surface area contributed by atoms with Gasteiger partial charge in [0.25, 0.3) is 0 Å². The second-order valence-electron chi connectivity index (χ2n) is 12.2. The summed E-state index contributed by atoms with van der Waals surface area (Å²) >= 11 is 0. The minimum absolute atomic E-state index is 0.153. The molecule has 2 heterocycles. The smallest absolute Gasteiger partial charge is 0.178 e. The Hall–Kier alpha value is -1.76. The van der Waals surface area contributed by atoms with Crippen LogP contribution >= 0.6 is 0 Å². The van der Waals surface area contributed by atoms with Crippen molar-refractivity contribution in [2.45, 2.75) is 82.5 Å². The zero-order valence-electron chi connectivity index (χ0n) is 23.1. The van der Waals surface area contributed by atoms with Crippen molar-refractivity contribution in [1.82, 2.24) is 0 Å². The lowest BCUT2D eigenvalue weighted by molar-refractivity contribution is -0.363. The second kappa shape index (κ2) is 10.4.